The van der Waals surface area contributed by atoms with Crippen LogP contribution in [0.15, 0.2) is 39.5 Å². The molecule has 0 saturated carbocycles. The molecule has 0 bridgehead atoms. The first kappa shape index (κ1) is 40.3. The molecule has 22 nitrogen and oxygen atoms in total. The number of aromatic hydroxyl groups is 3. The average molecular weight is 787 g/mol. The van der Waals surface area contributed by atoms with Gasteiger partial charge >= 0.3 is 5.97 Å². The highest BCUT2D eigenvalue weighted by molar-refractivity contribution is 5.88. The zero-order valence-corrected chi connectivity index (χ0v) is 28.2. The quantitative estimate of drug-likeness (QED) is 0.0916. The maximum absolute atomic E-state index is 13.9. The third kappa shape index (κ3) is 7.60. The van der Waals surface area contributed by atoms with Crippen LogP contribution in [0.5, 0.6) is 28.7 Å². The summed E-state index contributed by atoms with van der Waals surface area (Å²) in [4.78, 5) is 25.6. The van der Waals surface area contributed by atoms with Crippen molar-refractivity contribution in [1.82, 2.24) is 0 Å². The highest BCUT2D eigenvalue weighted by Crippen LogP contribution is 2.40. The number of benzene rings is 2. The van der Waals surface area contributed by atoms with Crippen LogP contribution >= 0.6 is 0 Å². The molecule has 3 aliphatic heterocycles. The molecule has 0 aliphatic carbocycles. The number of phenols is 3. The second-order valence-electron chi connectivity index (χ2n) is 13.1. The molecular formula is C33H38O22. The minimum Gasteiger partial charge on any atom is -0.507 e. The minimum absolute atomic E-state index is 0.176. The van der Waals surface area contributed by atoms with E-state index in [4.69, 9.17) is 32.8 Å². The molecule has 3 aliphatic rings. The van der Waals surface area contributed by atoms with E-state index in [1.807, 2.05) is 0 Å². The minimum atomic E-state index is -2.14. The van der Waals surface area contributed by atoms with Crippen molar-refractivity contribution in [1.29, 1.82) is 0 Å². The summed E-state index contributed by atoms with van der Waals surface area (Å²) in [6.07, 6.45) is -26.9. The monoisotopic (exact) mass is 786 g/mol. The molecule has 55 heavy (non-hydrogen) atoms. The van der Waals surface area contributed by atoms with Crippen LogP contribution in [0.4, 0.5) is 0 Å². The summed E-state index contributed by atoms with van der Waals surface area (Å²) in [5, 5.41) is 133. The van der Waals surface area contributed by atoms with Crippen molar-refractivity contribution < 1.29 is 104 Å². The summed E-state index contributed by atoms with van der Waals surface area (Å²) in [5.41, 5.74) is -1.84. The van der Waals surface area contributed by atoms with Gasteiger partial charge in [0.25, 0.3) is 0 Å². The number of rotatable bonds is 9. The van der Waals surface area contributed by atoms with Crippen LogP contribution in [0.2, 0.25) is 0 Å². The number of ether oxygens (including phenoxy) is 6. The van der Waals surface area contributed by atoms with Gasteiger partial charge in [0.2, 0.25) is 23.8 Å². The molecule has 4 heterocycles. The number of aliphatic carboxylic acids is 1. The van der Waals surface area contributed by atoms with Gasteiger partial charge in [-0.1, -0.05) is 0 Å². The molecule has 3 fully saturated rings. The smallest absolute Gasteiger partial charge is 0.335 e. The van der Waals surface area contributed by atoms with Crippen molar-refractivity contribution in [2.45, 2.75) is 99.0 Å². The second-order valence-corrected chi connectivity index (χ2v) is 13.1. The SMILES string of the molecule is C[C@@H]1O[C@@H](OC[C@H]2O[C@@H](Oc3cc(O)c4c(=O)c(O[C@@H]5O[C@H](C(=O)O)[C@@H](O)[C@@H](O)[C@H]5O)c(-c5ccc(O)c(O)c5)oc4c3)[C@H](O)[C@@H](O)[C@@H]2O)[C@H](O)[C@H](O)[C@H]1O. The molecule has 3 aromatic rings. The van der Waals surface area contributed by atoms with Crippen molar-refractivity contribution in [2.75, 3.05) is 6.61 Å². The first-order chi connectivity index (χ1) is 25.9. The Hall–Kier alpha value is -4.40. The first-order valence-electron chi connectivity index (χ1n) is 16.5. The van der Waals surface area contributed by atoms with Crippen LogP contribution in [0.25, 0.3) is 22.3 Å². The van der Waals surface area contributed by atoms with Crippen LogP contribution in [-0.4, -0.2) is 171 Å². The maximum atomic E-state index is 13.9. The largest absolute Gasteiger partial charge is 0.507 e. The number of carboxylic acid groups (broad SMARTS) is 1. The number of hydrogen-bond donors (Lipinski definition) is 13. The zero-order valence-electron chi connectivity index (χ0n) is 28.2. The number of fused-ring (bicyclic) bond motifs is 1. The summed E-state index contributed by atoms with van der Waals surface area (Å²) in [6.45, 7) is 0.788. The standard InChI is InChI=1S/C33H38O22/c1-8-17(37)20(40)24(44)31(50-8)49-7-15-18(38)21(41)25(45)32(53-15)51-10-5-13(36)16-14(6-10)52-27(9-2-3-11(34)12(35)4-9)28(19(16)39)54-33-26(46)22(42)23(43)29(55-33)30(47)48/h2-6,8,15,17-18,20-26,29,31-38,40-46H,7H2,1H3,(H,47,48)/t8-,15+,17-,18+,20+,21-,22+,23-,24+,25+,26+,29-,31+,32+,33+/m0/s1. The fourth-order valence-corrected chi connectivity index (χ4v) is 6.18. The maximum Gasteiger partial charge on any atom is 0.335 e. The fourth-order valence-electron chi connectivity index (χ4n) is 6.18. The lowest BCUT2D eigenvalue weighted by Gasteiger charge is -2.42. The van der Waals surface area contributed by atoms with Gasteiger partial charge in [-0.3, -0.25) is 4.79 Å². The van der Waals surface area contributed by atoms with E-state index in [2.05, 4.69) is 0 Å². The third-order valence-corrected chi connectivity index (χ3v) is 9.34. The van der Waals surface area contributed by atoms with Crippen molar-refractivity contribution in [2.24, 2.45) is 0 Å². The Morgan fingerprint density at radius 2 is 1.29 bits per heavy atom. The molecule has 22 heteroatoms. The first-order valence-corrected chi connectivity index (χ1v) is 16.5. The number of hydrogen-bond acceptors (Lipinski definition) is 21. The molecule has 3 saturated heterocycles. The third-order valence-electron chi connectivity index (χ3n) is 9.34. The van der Waals surface area contributed by atoms with Crippen LogP contribution in [0.1, 0.15) is 6.92 Å². The summed E-state index contributed by atoms with van der Waals surface area (Å²) in [5.74, 6) is -5.74. The zero-order chi connectivity index (χ0) is 40.2. The van der Waals surface area contributed by atoms with E-state index in [-0.39, 0.29) is 11.3 Å². The van der Waals surface area contributed by atoms with Gasteiger partial charge < -0.3 is 99.2 Å². The van der Waals surface area contributed by atoms with Gasteiger partial charge in [0, 0.05) is 17.7 Å². The normalized spacial score (nSPS) is 36.7. The summed E-state index contributed by atoms with van der Waals surface area (Å²) < 4.78 is 38.6. The Balaban J connectivity index is 1.32. The molecule has 0 unspecified atom stereocenters. The molecule has 1 aromatic heterocycles. The lowest BCUT2D eigenvalue weighted by molar-refractivity contribution is -0.318. The molecule has 2 aromatic carbocycles. The van der Waals surface area contributed by atoms with E-state index in [1.165, 1.54) is 6.92 Å². The van der Waals surface area contributed by atoms with Crippen molar-refractivity contribution in [3.05, 3.63) is 40.6 Å². The molecular weight excluding hydrogens is 748 g/mol. The van der Waals surface area contributed by atoms with Crippen LogP contribution in [0, 0.1) is 0 Å². The van der Waals surface area contributed by atoms with Gasteiger partial charge in [-0.15, -0.1) is 0 Å². The van der Waals surface area contributed by atoms with E-state index >= 15 is 0 Å². The predicted molar refractivity (Wildman–Crippen MR) is 173 cm³/mol. The molecule has 0 radical (unpaired) electrons. The van der Waals surface area contributed by atoms with E-state index in [1.54, 1.807) is 0 Å². The topological polar surface area (TPSA) is 366 Å². The van der Waals surface area contributed by atoms with E-state index < -0.39 is 150 Å². The van der Waals surface area contributed by atoms with Crippen molar-refractivity contribution in [3.63, 3.8) is 0 Å². The fraction of sp³-hybridized carbons (Fsp3) is 0.515. The Morgan fingerprint density at radius 1 is 0.673 bits per heavy atom. The molecule has 6 rings (SSSR count). The Bertz CT molecular complexity index is 1940. The van der Waals surface area contributed by atoms with Gasteiger partial charge in [0.15, 0.2) is 29.7 Å². The predicted octanol–water partition coefficient (Wildman–Crippen LogP) is -4.12. The number of aliphatic hydroxyl groups is 9. The van der Waals surface area contributed by atoms with Crippen LogP contribution in [0.3, 0.4) is 0 Å². The highest BCUT2D eigenvalue weighted by Gasteiger charge is 2.50. The van der Waals surface area contributed by atoms with E-state index in [9.17, 15) is 76.0 Å². The number of carbonyl (C=O) groups is 1. The van der Waals surface area contributed by atoms with Gasteiger partial charge in [-0.05, 0) is 25.1 Å². The van der Waals surface area contributed by atoms with Crippen molar-refractivity contribution in [3.8, 4) is 40.1 Å². The molecule has 0 spiro atoms. The average Bonchev–Trinajstić information content (AvgIpc) is 3.14. The summed E-state index contributed by atoms with van der Waals surface area (Å²) in [7, 11) is 0. The van der Waals surface area contributed by atoms with Gasteiger partial charge in [-0.2, -0.15) is 0 Å². The number of carboxylic acids is 1. The van der Waals surface area contributed by atoms with Gasteiger partial charge in [0.1, 0.15) is 83.5 Å². The lowest BCUT2D eigenvalue weighted by Crippen LogP contribution is -2.61. The Kier molecular flexibility index (Phi) is 11.4. The molecule has 302 valence electrons. The van der Waals surface area contributed by atoms with Crippen molar-refractivity contribution >= 4 is 16.9 Å². The lowest BCUT2D eigenvalue weighted by atomic mass is 9.98. The van der Waals surface area contributed by atoms with Crippen LogP contribution in [-0.2, 0) is 23.7 Å². The van der Waals surface area contributed by atoms with Crippen LogP contribution < -0.4 is 14.9 Å². The van der Waals surface area contributed by atoms with Gasteiger partial charge in [0.05, 0.1) is 12.7 Å². The Morgan fingerprint density at radius 3 is 1.95 bits per heavy atom. The van der Waals surface area contributed by atoms with E-state index in [0.717, 1.165) is 30.3 Å². The van der Waals surface area contributed by atoms with Gasteiger partial charge in [-0.25, -0.2) is 4.79 Å². The van der Waals surface area contributed by atoms with E-state index in [0.29, 0.717) is 0 Å². The number of aliphatic hydroxyl groups excluding tert-OH is 9. The summed E-state index contributed by atoms with van der Waals surface area (Å²) >= 11 is 0. The molecule has 13 N–H and O–H groups in total. The summed E-state index contributed by atoms with van der Waals surface area (Å²) in [6, 6.07) is 4.92. The highest BCUT2D eigenvalue weighted by atomic mass is 16.7. The Labute approximate surface area is 307 Å². The second kappa shape index (κ2) is 15.6. The molecule has 15 atom stereocenters. The molecule has 0 amide bonds. The number of phenolic OH excluding ortho intramolecular Hbond substituents is 3.